The monoisotopic (exact) mass is 325 g/mol. The van der Waals surface area contributed by atoms with Crippen molar-refractivity contribution >= 4 is 43.2 Å². The maximum Gasteiger partial charge on any atom is 0.0701 e. The van der Waals surface area contributed by atoms with Gasteiger partial charge < -0.3 is 4.90 Å². The van der Waals surface area contributed by atoms with Crippen molar-refractivity contribution in [3.8, 4) is 0 Å². The maximum atomic E-state index is 3.55. The van der Waals surface area contributed by atoms with Gasteiger partial charge >= 0.3 is 0 Å². The minimum atomic E-state index is 0.556. The topological polar surface area (TPSA) is 3.24 Å². The zero-order chi connectivity index (χ0) is 9.84. The Morgan fingerprint density at radius 3 is 2.69 bits per heavy atom. The number of alkyl halides is 1. The van der Waals surface area contributed by atoms with Gasteiger partial charge in [-0.25, -0.2) is 0 Å². The highest BCUT2D eigenvalue weighted by Gasteiger charge is 2.05. The molecule has 74 valence electrons. The minimum absolute atomic E-state index is 0.556. The summed E-state index contributed by atoms with van der Waals surface area (Å²) in [6.45, 7) is 4.28. The molecule has 0 aromatic carbocycles. The highest BCUT2D eigenvalue weighted by Crippen LogP contribution is 2.23. The molecule has 4 heteroatoms. The average Bonchev–Trinajstić information content (AvgIpc) is 2.33. The standard InChI is InChI=1S/C9H13Br2NS/c1-7(10)5-12(2)6-8-3-4-9(11)13-8/h3-4,7H,5-6H2,1-2H3. The van der Waals surface area contributed by atoms with Crippen LogP contribution in [0.25, 0.3) is 0 Å². The SMILES string of the molecule is CC(Br)CN(C)Cc1ccc(Br)s1. The van der Waals surface area contributed by atoms with Crippen LogP contribution in [0.4, 0.5) is 0 Å². The van der Waals surface area contributed by atoms with E-state index in [9.17, 15) is 0 Å². The van der Waals surface area contributed by atoms with Crippen molar-refractivity contribution in [3.63, 3.8) is 0 Å². The molecule has 0 saturated heterocycles. The lowest BCUT2D eigenvalue weighted by atomic mass is 10.4. The molecule has 1 aromatic heterocycles. The van der Waals surface area contributed by atoms with Crippen LogP contribution < -0.4 is 0 Å². The molecule has 0 amide bonds. The van der Waals surface area contributed by atoms with Gasteiger partial charge in [-0.15, -0.1) is 11.3 Å². The van der Waals surface area contributed by atoms with E-state index in [0.717, 1.165) is 13.1 Å². The van der Waals surface area contributed by atoms with E-state index in [4.69, 9.17) is 0 Å². The summed E-state index contributed by atoms with van der Waals surface area (Å²) in [5.41, 5.74) is 0. The summed E-state index contributed by atoms with van der Waals surface area (Å²) in [5.74, 6) is 0. The van der Waals surface area contributed by atoms with Crippen LogP contribution in [0.15, 0.2) is 15.9 Å². The van der Waals surface area contributed by atoms with Gasteiger partial charge in [-0.05, 0) is 35.1 Å². The fourth-order valence-corrected chi connectivity index (χ4v) is 3.25. The molecule has 0 aliphatic heterocycles. The van der Waals surface area contributed by atoms with Crippen molar-refractivity contribution < 1.29 is 0 Å². The summed E-state index contributed by atoms with van der Waals surface area (Å²) >= 11 is 8.81. The first kappa shape index (κ1) is 11.7. The van der Waals surface area contributed by atoms with Gasteiger partial charge in [-0.3, -0.25) is 0 Å². The molecule has 0 aliphatic carbocycles. The summed E-state index contributed by atoms with van der Waals surface area (Å²) in [4.78, 5) is 4.28. The smallest absolute Gasteiger partial charge is 0.0701 e. The summed E-state index contributed by atoms with van der Waals surface area (Å²) in [7, 11) is 2.14. The van der Waals surface area contributed by atoms with Crippen molar-refractivity contribution in [1.82, 2.24) is 4.90 Å². The number of rotatable bonds is 4. The zero-order valence-electron chi connectivity index (χ0n) is 7.76. The van der Waals surface area contributed by atoms with E-state index in [2.05, 4.69) is 62.9 Å². The fourth-order valence-electron chi connectivity index (χ4n) is 1.20. The van der Waals surface area contributed by atoms with Crippen molar-refractivity contribution in [3.05, 3.63) is 20.8 Å². The van der Waals surface area contributed by atoms with Crippen molar-refractivity contribution in [2.45, 2.75) is 18.3 Å². The second kappa shape index (κ2) is 5.49. The lowest BCUT2D eigenvalue weighted by molar-refractivity contribution is 0.336. The molecule has 1 heterocycles. The Bertz CT molecular complexity index is 260. The molecule has 0 radical (unpaired) electrons. The predicted octanol–water partition coefficient (Wildman–Crippen LogP) is 3.73. The minimum Gasteiger partial charge on any atom is -0.300 e. The second-order valence-electron chi connectivity index (χ2n) is 3.18. The number of thiophene rings is 1. The molecule has 1 atom stereocenters. The maximum absolute atomic E-state index is 3.55. The molecule has 0 spiro atoms. The average molecular weight is 327 g/mol. The van der Waals surface area contributed by atoms with E-state index < -0.39 is 0 Å². The van der Waals surface area contributed by atoms with Crippen LogP contribution >= 0.6 is 43.2 Å². The van der Waals surface area contributed by atoms with Crippen LogP contribution in [0.2, 0.25) is 0 Å². The Morgan fingerprint density at radius 1 is 1.54 bits per heavy atom. The molecule has 1 unspecified atom stereocenters. The first-order chi connectivity index (χ1) is 6.08. The van der Waals surface area contributed by atoms with Crippen LogP contribution in [0.5, 0.6) is 0 Å². The van der Waals surface area contributed by atoms with E-state index in [1.54, 1.807) is 11.3 Å². The largest absolute Gasteiger partial charge is 0.300 e. The zero-order valence-corrected chi connectivity index (χ0v) is 11.7. The summed E-state index contributed by atoms with van der Waals surface area (Å²) in [6, 6.07) is 4.27. The van der Waals surface area contributed by atoms with Crippen molar-refractivity contribution in [2.75, 3.05) is 13.6 Å². The summed E-state index contributed by atoms with van der Waals surface area (Å²) in [5, 5.41) is 0. The quantitative estimate of drug-likeness (QED) is 0.762. The molecular weight excluding hydrogens is 314 g/mol. The van der Waals surface area contributed by atoms with Gasteiger partial charge in [0.15, 0.2) is 0 Å². The van der Waals surface area contributed by atoms with Gasteiger partial charge in [0.2, 0.25) is 0 Å². The predicted molar refractivity (Wildman–Crippen MR) is 66.7 cm³/mol. The van der Waals surface area contributed by atoms with Gasteiger partial charge in [0.05, 0.1) is 3.79 Å². The van der Waals surface area contributed by atoms with Gasteiger partial charge in [-0.1, -0.05) is 22.9 Å². The number of nitrogens with zero attached hydrogens (tertiary/aromatic N) is 1. The van der Waals surface area contributed by atoms with E-state index in [0.29, 0.717) is 4.83 Å². The first-order valence-corrected chi connectivity index (χ1v) is 6.67. The van der Waals surface area contributed by atoms with Crippen LogP contribution in [0.3, 0.4) is 0 Å². The second-order valence-corrected chi connectivity index (χ2v) is 7.29. The molecule has 0 bridgehead atoms. The Labute approximate surface area is 100 Å². The highest BCUT2D eigenvalue weighted by atomic mass is 79.9. The lowest BCUT2D eigenvalue weighted by Gasteiger charge is -2.16. The summed E-state index contributed by atoms with van der Waals surface area (Å²) < 4.78 is 1.21. The van der Waals surface area contributed by atoms with Crippen LogP contribution in [0.1, 0.15) is 11.8 Å². The molecule has 0 fully saturated rings. The molecular formula is C9H13Br2NS. The van der Waals surface area contributed by atoms with E-state index >= 15 is 0 Å². The van der Waals surface area contributed by atoms with Gasteiger partial charge in [0.1, 0.15) is 0 Å². The fraction of sp³-hybridized carbons (Fsp3) is 0.556. The summed E-state index contributed by atoms with van der Waals surface area (Å²) in [6.07, 6.45) is 0. The molecule has 1 nitrogen and oxygen atoms in total. The third-order valence-electron chi connectivity index (χ3n) is 1.62. The number of hydrogen-bond acceptors (Lipinski definition) is 2. The van der Waals surface area contributed by atoms with Crippen molar-refractivity contribution in [1.29, 1.82) is 0 Å². The molecule has 13 heavy (non-hydrogen) atoms. The van der Waals surface area contributed by atoms with E-state index in [1.165, 1.54) is 8.66 Å². The van der Waals surface area contributed by atoms with Crippen molar-refractivity contribution in [2.24, 2.45) is 0 Å². The van der Waals surface area contributed by atoms with Crippen LogP contribution in [-0.2, 0) is 6.54 Å². The molecule has 0 N–H and O–H groups in total. The number of hydrogen-bond donors (Lipinski definition) is 0. The third kappa shape index (κ3) is 4.58. The van der Waals surface area contributed by atoms with Gasteiger partial charge in [-0.2, -0.15) is 0 Å². The molecule has 1 rings (SSSR count). The lowest BCUT2D eigenvalue weighted by Crippen LogP contribution is -2.23. The third-order valence-corrected chi connectivity index (χ3v) is 3.52. The molecule has 1 aromatic rings. The van der Waals surface area contributed by atoms with E-state index in [1.807, 2.05) is 0 Å². The Kier molecular flexibility index (Phi) is 4.94. The van der Waals surface area contributed by atoms with Crippen LogP contribution in [0, 0.1) is 0 Å². The first-order valence-electron chi connectivity index (χ1n) is 4.14. The molecule has 0 saturated carbocycles. The highest BCUT2D eigenvalue weighted by molar-refractivity contribution is 9.11. The number of halogens is 2. The molecule has 0 aliphatic rings. The van der Waals surface area contributed by atoms with Gasteiger partial charge in [0.25, 0.3) is 0 Å². The Balaban J connectivity index is 2.40. The van der Waals surface area contributed by atoms with Gasteiger partial charge in [0, 0.05) is 22.8 Å². The van der Waals surface area contributed by atoms with Crippen LogP contribution in [-0.4, -0.2) is 23.3 Å². The Morgan fingerprint density at radius 2 is 2.23 bits per heavy atom. The normalized spacial score (nSPS) is 13.6. The Hall–Kier alpha value is 0.620. The van der Waals surface area contributed by atoms with E-state index in [-0.39, 0.29) is 0 Å².